The van der Waals surface area contributed by atoms with E-state index in [0.717, 1.165) is 34.2 Å². The maximum absolute atomic E-state index is 14.0. The molecule has 0 atom stereocenters. The highest BCUT2D eigenvalue weighted by molar-refractivity contribution is 5.99. The third-order valence-electron chi connectivity index (χ3n) is 9.09. The van der Waals surface area contributed by atoms with Gasteiger partial charge in [0.2, 0.25) is 5.91 Å². The van der Waals surface area contributed by atoms with Gasteiger partial charge < -0.3 is 16.4 Å². The number of nitrogen functional groups attached to an aromatic ring is 1. The Labute approximate surface area is 282 Å². The number of likely N-dealkylation sites (tertiary alicyclic amines) is 1. The minimum atomic E-state index is -0.988. The number of piperidine rings is 1. The van der Waals surface area contributed by atoms with Crippen LogP contribution in [-0.4, -0.2) is 53.5 Å². The summed E-state index contributed by atoms with van der Waals surface area (Å²) in [5, 5.41) is 13.9. The van der Waals surface area contributed by atoms with E-state index in [1.165, 1.54) is 23.0 Å². The number of aromatic nitrogens is 5. The maximum Gasteiger partial charge on any atom is 0.336 e. The normalized spacial score (nSPS) is 13.7. The number of hydrogen-bond donors (Lipinski definition) is 2. The van der Waals surface area contributed by atoms with Crippen LogP contribution in [0.2, 0.25) is 0 Å². The molecule has 49 heavy (non-hydrogen) atoms. The third-order valence-corrected chi connectivity index (χ3v) is 9.09. The molecule has 5 aromatic rings. The lowest BCUT2D eigenvalue weighted by Crippen LogP contribution is -2.44. The van der Waals surface area contributed by atoms with Gasteiger partial charge in [-0.3, -0.25) is 19.0 Å². The number of benzene rings is 2. The number of fused-ring (bicyclic) bond motifs is 1. The van der Waals surface area contributed by atoms with Crippen LogP contribution in [0.4, 0.5) is 5.82 Å². The lowest BCUT2D eigenvalue weighted by Gasteiger charge is -2.33. The number of carbonyl (C=O) groups is 2. The molecule has 1 fully saturated rings. The van der Waals surface area contributed by atoms with Gasteiger partial charge in [0.1, 0.15) is 17.4 Å². The van der Waals surface area contributed by atoms with Gasteiger partial charge in [-0.1, -0.05) is 44.2 Å². The van der Waals surface area contributed by atoms with Crippen LogP contribution in [0, 0.1) is 17.2 Å². The highest BCUT2D eigenvalue weighted by Crippen LogP contribution is 2.37. The minimum absolute atomic E-state index is 0.0551. The molecule has 4 heterocycles. The molecule has 1 aliphatic rings. The zero-order valence-corrected chi connectivity index (χ0v) is 27.8. The number of anilines is 1. The van der Waals surface area contributed by atoms with Crippen molar-refractivity contribution in [3.63, 3.8) is 0 Å². The number of nitrogens with zero attached hydrogens (tertiary/aromatic N) is 7. The Bertz CT molecular complexity index is 2270. The van der Waals surface area contributed by atoms with Crippen molar-refractivity contribution in [3.05, 3.63) is 98.6 Å². The Kier molecular flexibility index (Phi) is 8.64. The summed E-state index contributed by atoms with van der Waals surface area (Å²) in [6.45, 7) is 8.67. The summed E-state index contributed by atoms with van der Waals surface area (Å²) in [6.07, 6.45) is 2.98. The molecule has 13 heteroatoms. The van der Waals surface area contributed by atoms with Crippen molar-refractivity contribution >= 4 is 23.1 Å². The Morgan fingerprint density at radius 3 is 2.27 bits per heavy atom. The van der Waals surface area contributed by atoms with Gasteiger partial charge in [0.25, 0.3) is 11.5 Å². The molecule has 2 amide bonds. The lowest BCUT2D eigenvalue weighted by atomic mass is 9.92. The Morgan fingerprint density at radius 1 is 0.980 bits per heavy atom. The average molecular weight is 660 g/mol. The number of nitriles is 1. The topological polar surface area (TPSA) is 187 Å². The smallest absolute Gasteiger partial charge is 0.336 e. The summed E-state index contributed by atoms with van der Waals surface area (Å²) in [4.78, 5) is 59.4. The fourth-order valence-corrected chi connectivity index (χ4v) is 6.72. The van der Waals surface area contributed by atoms with Crippen LogP contribution in [-0.2, 0) is 4.79 Å². The van der Waals surface area contributed by atoms with E-state index in [1.54, 1.807) is 38.1 Å². The molecule has 4 N–H and O–H groups in total. The van der Waals surface area contributed by atoms with E-state index >= 15 is 0 Å². The van der Waals surface area contributed by atoms with Gasteiger partial charge in [-0.15, -0.1) is 0 Å². The van der Waals surface area contributed by atoms with Crippen LogP contribution in [0.15, 0.2) is 70.5 Å². The fourth-order valence-electron chi connectivity index (χ4n) is 6.72. The van der Waals surface area contributed by atoms with E-state index in [-0.39, 0.29) is 40.3 Å². The summed E-state index contributed by atoms with van der Waals surface area (Å²) in [5.41, 5.74) is 14.5. The number of nitrogens with two attached hydrogens (primary N) is 2. The molecule has 6 rings (SSSR count). The zero-order chi connectivity index (χ0) is 35.1. The van der Waals surface area contributed by atoms with Crippen molar-refractivity contribution in [2.24, 2.45) is 11.7 Å². The van der Waals surface area contributed by atoms with Gasteiger partial charge in [-0.25, -0.2) is 18.9 Å². The minimum Gasteiger partial charge on any atom is -0.382 e. The fraction of sp³-hybridized carbons (Fsp3) is 0.306. The molecular weight excluding hydrogens is 622 g/mol. The summed E-state index contributed by atoms with van der Waals surface area (Å²) in [6, 6.07) is 16.7. The van der Waals surface area contributed by atoms with E-state index in [1.807, 2.05) is 41.5 Å². The first-order valence-corrected chi connectivity index (χ1v) is 16.2. The standard InChI is InChI=1S/C36H37N9O4/c1-20(2)34(47)42-14-12-24(13-15-42)28-17-27(31-32(38)40-19-41-45(28)31)23-8-10-25(11-9-23)30-29(33(39)46)35(48)44(36(49)43(30)21(3)4)26-7-5-6-22(16-26)18-37/h5-11,16-17,19-21,24H,12-15H2,1-4H3,(H2,39,46)(H2,38,40,41). The molecule has 2 aromatic carbocycles. The van der Waals surface area contributed by atoms with E-state index < -0.39 is 23.2 Å². The van der Waals surface area contributed by atoms with Crippen molar-refractivity contribution < 1.29 is 9.59 Å². The quantitative estimate of drug-likeness (QED) is 0.263. The zero-order valence-electron chi connectivity index (χ0n) is 27.8. The Hall–Kier alpha value is -6.03. The van der Waals surface area contributed by atoms with E-state index in [0.29, 0.717) is 30.0 Å². The SMILES string of the molecule is CC(C)C(=O)N1CCC(c2cc(-c3ccc(-c4c(C(N)=O)c(=O)n(-c5cccc(C#N)c5)c(=O)n4C(C)C)cc3)c3c(N)ncnn23)CC1. The molecule has 1 aliphatic heterocycles. The molecule has 0 unspecified atom stereocenters. The van der Waals surface area contributed by atoms with Crippen molar-refractivity contribution in [2.75, 3.05) is 18.8 Å². The van der Waals surface area contributed by atoms with Crippen molar-refractivity contribution in [3.8, 4) is 34.1 Å². The van der Waals surface area contributed by atoms with Gasteiger partial charge in [0, 0.05) is 42.2 Å². The summed E-state index contributed by atoms with van der Waals surface area (Å²) < 4.78 is 4.06. The maximum atomic E-state index is 14.0. The second kappa shape index (κ2) is 12.9. The van der Waals surface area contributed by atoms with Gasteiger partial charge >= 0.3 is 5.69 Å². The highest BCUT2D eigenvalue weighted by Gasteiger charge is 2.29. The van der Waals surface area contributed by atoms with Gasteiger partial charge in [-0.05, 0) is 62.1 Å². The van der Waals surface area contributed by atoms with Crippen LogP contribution < -0.4 is 22.7 Å². The van der Waals surface area contributed by atoms with Gasteiger partial charge in [-0.2, -0.15) is 10.4 Å². The lowest BCUT2D eigenvalue weighted by molar-refractivity contribution is -0.135. The summed E-state index contributed by atoms with van der Waals surface area (Å²) in [5.74, 6) is -0.441. The average Bonchev–Trinajstić information content (AvgIpc) is 3.48. The molecule has 250 valence electrons. The Morgan fingerprint density at radius 2 is 1.65 bits per heavy atom. The summed E-state index contributed by atoms with van der Waals surface area (Å²) in [7, 11) is 0. The van der Waals surface area contributed by atoms with Crippen molar-refractivity contribution in [1.82, 2.24) is 28.6 Å². The molecule has 0 bridgehead atoms. The predicted molar refractivity (Wildman–Crippen MR) is 185 cm³/mol. The number of carbonyl (C=O) groups excluding carboxylic acids is 2. The first-order valence-electron chi connectivity index (χ1n) is 16.2. The van der Waals surface area contributed by atoms with E-state index in [2.05, 4.69) is 16.1 Å². The molecule has 0 aliphatic carbocycles. The molecule has 3 aromatic heterocycles. The van der Waals surface area contributed by atoms with Crippen LogP contribution in [0.3, 0.4) is 0 Å². The van der Waals surface area contributed by atoms with Crippen LogP contribution in [0.25, 0.3) is 33.6 Å². The van der Waals surface area contributed by atoms with Crippen LogP contribution >= 0.6 is 0 Å². The van der Waals surface area contributed by atoms with Gasteiger partial charge in [0.05, 0.1) is 23.0 Å². The van der Waals surface area contributed by atoms with Crippen molar-refractivity contribution in [2.45, 2.75) is 52.5 Å². The van der Waals surface area contributed by atoms with Crippen molar-refractivity contribution in [1.29, 1.82) is 5.26 Å². The number of rotatable bonds is 7. The molecule has 13 nitrogen and oxygen atoms in total. The molecule has 0 saturated carbocycles. The first kappa shape index (κ1) is 32.9. The molecule has 1 saturated heterocycles. The molecule has 0 spiro atoms. The second-order valence-corrected chi connectivity index (χ2v) is 12.9. The van der Waals surface area contributed by atoms with E-state index in [9.17, 15) is 24.4 Å². The van der Waals surface area contributed by atoms with Crippen LogP contribution in [0.5, 0.6) is 0 Å². The van der Waals surface area contributed by atoms with Gasteiger partial charge in [0.15, 0.2) is 5.82 Å². The number of hydrogen-bond acceptors (Lipinski definition) is 8. The molecule has 0 radical (unpaired) electrons. The second-order valence-electron chi connectivity index (χ2n) is 12.9. The first-order chi connectivity index (χ1) is 23.4. The third kappa shape index (κ3) is 5.75. The highest BCUT2D eigenvalue weighted by atomic mass is 16.2. The van der Waals surface area contributed by atoms with E-state index in [4.69, 9.17) is 11.5 Å². The number of amides is 2. The largest absolute Gasteiger partial charge is 0.382 e. The predicted octanol–water partition coefficient (Wildman–Crippen LogP) is 3.87. The Balaban J connectivity index is 1.45. The molecular formula is C36H37N9O4. The van der Waals surface area contributed by atoms with Crippen LogP contribution in [0.1, 0.15) is 74.1 Å². The monoisotopic (exact) mass is 659 g/mol. The number of primary amides is 1. The summed E-state index contributed by atoms with van der Waals surface area (Å²) >= 11 is 0.